The Balaban J connectivity index is 3.00. The van der Waals surface area contributed by atoms with Crippen LogP contribution in [0.3, 0.4) is 0 Å². The van der Waals surface area contributed by atoms with Crippen molar-refractivity contribution in [3.05, 3.63) is 24.0 Å². The molecule has 0 aliphatic rings. The van der Waals surface area contributed by atoms with Crippen molar-refractivity contribution in [1.82, 2.24) is 4.98 Å². The van der Waals surface area contributed by atoms with Gasteiger partial charge in [0.15, 0.2) is 4.90 Å². The minimum atomic E-state index is -0.980. The molecule has 1 rings (SSSR count). The van der Waals surface area contributed by atoms with Crippen LogP contribution in [-0.4, -0.2) is 15.3 Å². The first-order valence-corrected chi connectivity index (χ1v) is 7.12. The molecule has 1 aromatic rings. The SMILES string of the molecule is CC[S+]([O-])c1cncc(C(CC#N)C(C)C)c1. The van der Waals surface area contributed by atoms with Gasteiger partial charge in [0.1, 0.15) is 5.75 Å². The summed E-state index contributed by atoms with van der Waals surface area (Å²) in [5.74, 6) is 1.14. The molecule has 17 heavy (non-hydrogen) atoms. The van der Waals surface area contributed by atoms with E-state index in [1.165, 1.54) is 0 Å². The topological polar surface area (TPSA) is 59.7 Å². The minimum absolute atomic E-state index is 0.168. The molecule has 1 aromatic heterocycles. The Morgan fingerprint density at radius 3 is 2.71 bits per heavy atom. The van der Waals surface area contributed by atoms with Crippen molar-refractivity contribution in [2.45, 2.75) is 38.0 Å². The summed E-state index contributed by atoms with van der Waals surface area (Å²) in [6.45, 7) is 6.06. The second kappa shape index (κ2) is 6.63. The second-order valence-corrected chi connectivity index (χ2v) is 6.04. The molecule has 0 aromatic carbocycles. The third-order valence-corrected chi connectivity index (χ3v) is 4.08. The quantitative estimate of drug-likeness (QED) is 0.755. The van der Waals surface area contributed by atoms with Crippen LogP contribution in [0.5, 0.6) is 0 Å². The van der Waals surface area contributed by atoms with Crippen molar-refractivity contribution >= 4 is 11.2 Å². The van der Waals surface area contributed by atoms with Crippen molar-refractivity contribution in [3.8, 4) is 6.07 Å². The normalized spacial score (nSPS) is 14.4. The van der Waals surface area contributed by atoms with Crippen molar-refractivity contribution in [1.29, 1.82) is 5.26 Å². The Bertz CT molecular complexity index is 401. The van der Waals surface area contributed by atoms with Gasteiger partial charge in [-0.1, -0.05) is 13.8 Å². The fourth-order valence-electron chi connectivity index (χ4n) is 1.77. The summed E-state index contributed by atoms with van der Waals surface area (Å²) in [5.41, 5.74) is 1.01. The molecule has 4 heteroatoms. The van der Waals surface area contributed by atoms with Gasteiger partial charge in [-0.2, -0.15) is 5.26 Å². The second-order valence-electron chi connectivity index (χ2n) is 4.30. The Morgan fingerprint density at radius 2 is 2.18 bits per heavy atom. The molecule has 0 aliphatic heterocycles. The third-order valence-electron chi connectivity index (χ3n) is 2.80. The number of rotatable bonds is 5. The van der Waals surface area contributed by atoms with E-state index in [0.29, 0.717) is 18.1 Å². The molecule has 2 atom stereocenters. The highest BCUT2D eigenvalue weighted by molar-refractivity contribution is 7.91. The monoisotopic (exact) mass is 250 g/mol. The predicted octanol–water partition coefficient (Wildman–Crippen LogP) is 2.86. The Hall–Kier alpha value is -1.05. The first-order chi connectivity index (χ1) is 8.10. The lowest BCUT2D eigenvalue weighted by Crippen LogP contribution is -2.09. The number of pyridine rings is 1. The largest absolute Gasteiger partial charge is 0.611 e. The zero-order valence-corrected chi connectivity index (χ0v) is 11.3. The van der Waals surface area contributed by atoms with Crippen molar-refractivity contribution in [2.75, 3.05) is 5.75 Å². The Kier molecular flexibility index (Phi) is 5.46. The lowest BCUT2D eigenvalue weighted by molar-refractivity contribution is 0.503. The summed E-state index contributed by atoms with van der Waals surface area (Å²) in [7, 11) is 0. The molecule has 0 amide bonds. The zero-order chi connectivity index (χ0) is 12.8. The van der Waals surface area contributed by atoms with E-state index in [0.717, 1.165) is 10.5 Å². The summed E-state index contributed by atoms with van der Waals surface area (Å²) in [5, 5.41) is 8.84. The summed E-state index contributed by atoms with van der Waals surface area (Å²) >= 11 is -0.980. The van der Waals surface area contributed by atoms with Crippen LogP contribution in [0.4, 0.5) is 0 Å². The smallest absolute Gasteiger partial charge is 0.171 e. The van der Waals surface area contributed by atoms with Gasteiger partial charge in [-0.15, -0.1) is 0 Å². The average molecular weight is 250 g/mol. The number of nitrogens with zero attached hydrogens (tertiary/aromatic N) is 2. The fourth-order valence-corrected chi connectivity index (χ4v) is 2.55. The molecule has 0 spiro atoms. The molecule has 0 saturated heterocycles. The van der Waals surface area contributed by atoms with E-state index in [1.54, 1.807) is 12.4 Å². The van der Waals surface area contributed by atoms with Crippen molar-refractivity contribution in [3.63, 3.8) is 0 Å². The molecule has 0 saturated carbocycles. The van der Waals surface area contributed by atoms with E-state index in [-0.39, 0.29) is 5.92 Å². The molecule has 0 N–H and O–H groups in total. The molecule has 0 radical (unpaired) electrons. The highest BCUT2D eigenvalue weighted by Gasteiger charge is 2.18. The van der Waals surface area contributed by atoms with Crippen LogP contribution >= 0.6 is 0 Å². The maximum absolute atomic E-state index is 11.7. The summed E-state index contributed by atoms with van der Waals surface area (Å²) in [4.78, 5) is 4.89. The maximum Gasteiger partial charge on any atom is 0.171 e. The van der Waals surface area contributed by atoms with Gasteiger partial charge in [0.05, 0.1) is 12.3 Å². The molecule has 92 valence electrons. The van der Waals surface area contributed by atoms with E-state index >= 15 is 0 Å². The molecule has 2 unspecified atom stereocenters. The number of aromatic nitrogens is 1. The van der Waals surface area contributed by atoms with Crippen molar-refractivity contribution in [2.24, 2.45) is 5.92 Å². The van der Waals surface area contributed by atoms with Crippen molar-refractivity contribution < 1.29 is 4.55 Å². The molecular formula is C13H18N2OS. The van der Waals surface area contributed by atoms with Gasteiger partial charge in [-0.05, 0) is 35.6 Å². The average Bonchev–Trinajstić information content (AvgIpc) is 2.34. The Morgan fingerprint density at radius 1 is 1.47 bits per heavy atom. The number of nitriles is 1. The first-order valence-electron chi connectivity index (χ1n) is 5.80. The first kappa shape index (κ1) is 14.0. The molecule has 3 nitrogen and oxygen atoms in total. The Labute approximate surface area is 106 Å². The van der Waals surface area contributed by atoms with Gasteiger partial charge in [0.2, 0.25) is 0 Å². The molecule has 0 bridgehead atoms. The molecule has 1 heterocycles. The minimum Gasteiger partial charge on any atom is -0.611 e. The molecule has 0 fully saturated rings. The molecular weight excluding hydrogens is 232 g/mol. The summed E-state index contributed by atoms with van der Waals surface area (Å²) in [6.07, 6.45) is 3.90. The van der Waals surface area contributed by atoms with Gasteiger partial charge in [-0.25, -0.2) is 0 Å². The van der Waals surface area contributed by atoms with E-state index in [9.17, 15) is 4.55 Å². The summed E-state index contributed by atoms with van der Waals surface area (Å²) in [6, 6.07) is 4.13. The van der Waals surface area contributed by atoms with E-state index in [2.05, 4.69) is 24.9 Å². The lowest BCUT2D eigenvalue weighted by Gasteiger charge is -2.18. The highest BCUT2D eigenvalue weighted by Crippen LogP contribution is 2.28. The molecule has 0 aliphatic carbocycles. The van der Waals surface area contributed by atoms with Gasteiger partial charge in [0.25, 0.3) is 0 Å². The zero-order valence-electron chi connectivity index (χ0n) is 10.5. The van der Waals surface area contributed by atoms with Crippen LogP contribution in [-0.2, 0) is 11.2 Å². The van der Waals surface area contributed by atoms with Crippen LogP contribution in [0.2, 0.25) is 0 Å². The van der Waals surface area contributed by atoms with Crippen LogP contribution in [0.1, 0.15) is 38.7 Å². The fraction of sp³-hybridized carbons (Fsp3) is 0.538. The predicted molar refractivity (Wildman–Crippen MR) is 69.0 cm³/mol. The van der Waals surface area contributed by atoms with Gasteiger partial charge < -0.3 is 4.55 Å². The third kappa shape index (κ3) is 3.72. The van der Waals surface area contributed by atoms with E-state index in [1.807, 2.05) is 13.0 Å². The highest BCUT2D eigenvalue weighted by atomic mass is 32.2. The standard InChI is InChI=1S/C13H18N2OS/c1-4-17(16)12-7-11(8-15-9-12)13(5-6-14)10(2)3/h7-10,13H,4-5H2,1-3H3. The van der Waals surface area contributed by atoms with Gasteiger partial charge in [0, 0.05) is 18.5 Å². The van der Waals surface area contributed by atoms with Gasteiger partial charge >= 0.3 is 0 Å². The van der Waals surface area contributed by atoms with Crippen LogP contribution in [0.25, 0.3) is 0 Å². The van der Waals surface area contributed by atoms with E-state index in [4.69, 9.17) is 5.26 Å². The lowest BCUT2D eigenvalue weighted by atomic mass is 9.87. The number of hydrogen-bond acceptors (Lipinski definition) is 3. The van der Waals surface area contributed by atoms with E-state index < -0.39 is 11.2 Å². The summed E-state index contributed by atoms with van der Waals surface area (Å²) < 4.78 is 11.7. The maximum atomic E-state index is 11.7. The van der Waals surface area contributed by atoms with Gasteiger partial charge in [-0.3, -0.25) is 4.98 Å². The van der Waals surface area contributed by atoms with Crippen LogP contribution < -0.4 is 0 Å². The number of hydrogen-bond donors (Lipinski definition) is 0. The van der Waals surface area contributed by atoms with Crippen LogP contribution in [0, 0.1) is 17.2 Å². The van der Waals surface area contributed by atoms with Crippen LogP contribution in [0.15, 0.2) is 23.4 Å².